The Bertz CT molecular complexity index is 404. The summed E-state index contributed by atoms with van der Waals surface area (Å²) in [5, 5.41) is 0. The van der Waals surface area contributed by atoms with Crippen molar-refractivity contribution < 1.29 is 17.9 Å². The largest absolute Gasteiger partial charge is 0.479 e. The van der Waals surface area contributed by atoms with E-state index in [2.05, 4.69) is 0 Å². The van der Waals surface area contributed by atoms with Gasteiger partial charge < -0.3 is 10.5 Å². The molecule has 19 heavy (non-hydrogen) atoms. The van der Waals surface area contributed by atoms with Crippen molar-refractivity contribution in [2.24, 2.45) is 5.73 Å². The fourth-order valence-corrected chi connectivity index (χ4v) is 1.81. The third-order valence-electron chi connectivity index (χ3n) is 2.98. The molecule has 1 aromatic carbocycles. The molecule has 2 atom stereocenters. The van der Waals surface area contributed by atoms with Gasteiger partial charge in [-0.25, -0.2) is 0 Å². The number of halogens is 3. The molecule has 0 saturated carbocycles. The van der Waals surface area contributed by atoms with Crippen LogP contribution >= 0.6 is 0 Å². The molecule has 108 valence electrons. The fraction of sp³-hybridized carbons (Fsp3) is 0.571. The van der Waals surface area contributed by atoms with Gasteiger partial charge in [-0.05, 0) is 24.0 Å². The van der Waals surface area contributed by atoms with E-state index in [0.29, 0.717) is 0 Å². The average Bonchev–Trinajstić information content (AvgIpc) is 2.34. The van der Waals surface area contributed by atoms with E-state index in [0.717, 1.165) is 5.56 Å². The van der Waals surface area contributed by atoms with Crippen molar-refractivity contribution in [1.29, 1.82) is 0 Å². The van der Waals surface area contributed by atoms with Gasteiger partial charge in [0.25, 0.3) is 0 Å². The van der Waals surface area contributed by atoms with Gasteiger partial charge >= 0.3 is 6.18 Å². The van der Waals surface area contributed by atoms with Crippen LogP contribution in [0.4, 0.5) is 13.2 Å². The molecule has 0 amide bonds. The lowest BCUT2D eigenvalue weighted by Gasteiger charge is -2.27. The lowest BCUT2D eigenvalue weighted by atomic mass is 10.0. The summed E-state index contributed by atoms with van der Waals surface area (Å²) in [6.07, 6.45) is -6.24. The molecule has 0 aliphatic rings. The maximum Gasteiger partial charge on any atom is 0.426 e. The topological polar surface area (TPSA) is 35.2 Å². The minimum atomic E-state index is -4.47. The Morgan fingerprint density at radius 2 is 1.79 bits per heavy atom. The second kappa shape index (κ2) is 6.28. The summed E-state index contributed by atoms with van der Waals surface area (Å²) < 4.78 is 44.1. The van der Waals surface area contributed by atoms with E-state index in [9.17, 15) is 13.2 Å². The Labute approximate surface area is 111 Å². The monoisotopic (exact) mass is 275 g/mol. The van der Waals surface area contributed by atoms with E-state index < -0.39 is 18.3 Å². The van der Waals surface area contributed by atoms with Gasteiger partial charge in [0, 0.05) is 0 Å². The van der Waals surface area contributed by atoms with Crippen molar-refractivity contribution in [1.82, 2.24) is 0 Å². The van der Waals surface area contributed by atoms with E-state index >= 15 is 0 Å². The number of hydrogen-bond acceptors (Lipinski definition) is 2. The molecule has 0 aliphatic heterocycles. The Hall–Kier alpha value is -1.23. The van der Waals surface area contributed by atoms with Gasteiger partial charge in [-0.15, -0.1) is 0 Å². The van der Waals surface area contributed by atoms with Crippen molar-refractivity contribution in [3.8, 4) is 5.75 Å². The highest BCUT2D eigenvalue weighted by atomic mass is 19.4. The van der Waals surface area contributed by atoms with Crippen LogP contribution in [0.3, 0.4) is 0 Å². The molecule has 1 aromatic rings. The van der Waals surface area contributed by atoms with Gasteiger partial charge in [-0.2, -0.15) is 13.2 Å². The van der Waals surface area contributed by atoms with Crippen LogP contribution in [-0.4, -0.2) is 18.3 Å². The van der Waals surface area contributed by atoms with E-state index in [1.165, 1.54) is 0 Å². The molecule has 0 saturated heterocycles. The fourth-order valence-electron chi connectivity index (χ4n) is 1.81. The first-order chi connectivity index (χ1) is 8.77. The van der Waals surface area contributed by atoms with Crippen molar-refractivity contribution >= 4 is 0 Å². The lowest BCUT2D eigenvalue weighted by molar-refractivity contribution is -0.201. The smallest absolute Gasteiger partial charge is 0.426 e. The SMILES string of the molecule is CCC(N)C(Oc1ccccc1C(C)C)C(F)(F)F. The summed E-state index contributed by atoms with van der Waals surface area (Å²) in [6, 6.07) is 5.69. The van der Waals surface area contributed by atoms with Crippen molar-refractivity contribution in [2.45, 2.75) is 51.4 Å². The highest BCUT2D eigenvalue weighted by molar-refractivity contribution is 5.35. The van der Waals surface area contributed by atoms with Gasteiger partial charge in [0.2, 0.25) is 6.10 Å². The highest BCUT2D eigenvalue weighted by Crippen LogP contribution is 2.32. The van der Waals surface area contributed by atoms with Crippen molar-refractivity contribution in [3.05, 3.63) is 29.8 Å². The first kappa shape index (κ1) is 15.8. The number of benzene rings is 1. The molecule has 2 N–H and O–H groups in total. The molecule has 0 fully saturated rings. The molecule has 2 nitrogen and oxygen atoms in total. The van der Waals surface area contributed by atoms with Crippen LogP contribution in [0.2, 0.25) is 0 Å². The van der Waals surface area contributed by atoms with Gasteiger partial charge in [0.05, 0.1) is 6.04 Å². The standard InChI is InChI=1S/C14H20F3NO/c1-4-11(18)13(14(15,16)17)19-12-8-6-5-7-10(12)9(2)3/h5-9,11,13H,4,18H2,1-3H3. The summed E-state index contributed by atoms with van der Waals surface area (Å²) in [5.41, 5.74) is 6.28. The van der Waals surface area contributed by atoms with Gasteiger partial charge in [0.1, 0.15) is 5.75 Å². The summed E-state index contributed by atoms with van der Waals surface area (Å²) in [6.45, 7) is 5.43. The average molecular weight is 275 g/mol. The molecule has 1 rings (SSSR count). The van der Waals surface area contributed by atoms with Gasteiger partial charge in [-0.1, -0.05) is 39.0 Å². The van der Waals surface area contributed by atoms with E-state index in [1.54, 1.807) is 31.2 Å². The first-order valence-electron chi connectivity index (χ1n) is 6.35. The van der Waals surface area contributed by atoms with Gasteiger partial charge in [0.15, 0.2) is 0 Å². The van der Waals surface area contributed by atoms with Crippen LogP contribution < -0.4 is 10.5 Å². The molecule has 0 radical (unpaired) electrons. The molecular formula is C14H20F3NO. The number of para-hydroxylation sites is 1. The first-order valence-corrected chi connectivity index (χ1v) is 6.35. The van der Waals surface area contributed by atoms with Crippen LogP contribution in [0, 0.1) is 0 Å². The van der Waals surface area contributed by atoms with E-state index in [4.69, 9.17) is 10.5 Å². The molecule has 0 heterocycles. The number of rotatable bonds is 5. The number of alkyl halides is 3. The van der Waals surface area contributed by atoms with Crippen LogP contribution in [0.5, 0.6) is 5.75 Å². The quantitative estimate of drug-likeness (QED) is 0.885. The van der Waals surface area contributed by atoms with Crippen LogP contribution in [0.1, 0.15) is 38.7 Å². The highest BCUT2D eigenvalue weighted by Gasteiger charge is 2.45. The lowest BCUT2D eigenvalue weighted by Crippen LogP contribution is -2.48. The molecule has 0 spiro atoms. The predicted molar refractivity (Wildman–Crippen MR) is 69.3 cm³/mol. The predicted octanol–water partition coefficient (Wildman–Crippen LogP) is 3.86. The van der Waals surface area contributed by atoms with E-state index in [-0.39, 0.29) is 18.1 Å². The Morgan fingerprint density at radius 1 is 1.21 bits per heavy atom. The van der Waals surface area contributed by atoms with Crippen LogP contribution in [0.15, 0.2) is 24.3 Å². The van der Waals surface area contributed by atoms with Crippen molar-refractivity contribution in [3.63, 3.8) is 0 Å². The normalized spacial score (nSPS) is 15.4. The van der Waals surface area contributed by atoms with Crippen molar-refractivity contribution in [2.75, 3.05) is 0 Å². The molecule has 0 aliphatic carbocycles. The second-order valence-corrected chi connectivity index (χ2v) is 4.84. The zero-order valence-corrected chi connectivity index (χ0v) is 11.4. The summed E-state index contributed by atoms with van der Waals surface area (Å²) in [7, 11) is 0. The third-order valence-corrected chi connectivity index (χ3v) is 2.98. The number of nitrogens with two attached hydrogens (primary N) is 1. The van der Waals surface area contributed by atoms with Gasteiger partial charge in [-0.3, -0.25) is 0 Å². The Balaban J connectivity index is 3.03. The summed E-state index contributed by atoms with van der Waals surface area (Å²) in [4.78, 5) is 0. The summed E-state index contributed by atoms with van der Waals surface area (Å²) in [5.74, 6) is 0.339. The minimum absolute atomic E-state index is 0.0861. The third kappa shape index (κ3) is 4.13. The van der Waals surface area contributed by atoms with E-state index in [1.807, 2.05) is 13.8 Å². The molecule has 5 heteroatoms. The molecule has 0 aromatic heterocycles. The molecule has 0 bridgehead atoms. The Kier molecular flexibility index (Phi) is 5.23. The maximum atomic E-state index is 13.0. The zero-order valence-electron chi connectivity index (χ0n) is 11.4. The van der Waals surface area contributed by atoms with Crippen LogP contribution in [-0.2, 0) is 0 Å². The minimum Gasteiger partial charge on any atom is -0.479 e. The number of hydrogen-bond donors (Lipinski definition) is 1. The summed E-state index contributed by atoms with van der Waals surface area (Å²) >= 11 is 0. The van der Waals surface area contributed by atoms with Crippen LogP contribution in [0.25, 0.3) is 0 Å². The number of ether oxygens (including phenoxy) is 1. The zero-order chi connectivity index (χ0) is 14.6. The second-order valence-electron chi connectivity index (χ2n) is 4.84. The molecule has 2 unspecified atom stereocenters. The Morgan fingerprint density at radius 3 is 2.26 bits per heavy atom. The maximum absolute atomic E-state index is 13.0. The molecular weight excluding hydrogens is 255 g/mol.